The van der Waals surface area contributed by atoms with Crippen molar-refractivity contribution in [1.82, 2.24) is 4.90 Å². The van der Waals surface area contributed by atoms with Crippen LogP contribution in [0.25, 0.3) is 0 Å². The molecule has 0 aromatic carbocycles. The van der Waals surface area contributed by atoms with Gasteiger partial charge in [0.2, 0.25) is 0 Å². The van der Waals surface area contributed by atoms with E-state index in [1.165, 1.54) is 135 Å². The molecule has 0 radical (unpaired) electrons. The molecular weight excluding hydrogens is 831 g/mol. The van der Waals surface area contributed by atoms with Crippen molar-refractivity contribution < 1.29 is 29.0 Å². The molecule has 1 N–H and O–H groups in total. The largest absolute Gasteiger partial charge is 0.455 e. The molecule has 7 nitrogen and oxygen atoms in total. The van der Waals surface area contributed by atoms with Crippen LogP contribution in [0.4, 0.5) is 0 Å². The minimum Gasteiger partial charge on any atom is -0.455 e. The van der Waals surface area contributed by atoms with Crippen LogP contribution in [0.2, 0.25) is 0 Å². The summed E-state index contributed by atoms with van der Waals surface area (Å²) in [7, 11) is 4.04. The summed E-state index contributed by atoms with van der Waals surface area (Å²) in [4.78, 5) is 48.8. The lowest BCUT2D eigenvalue weighted by Gasteiger charge is -2.48. The van der Waals surface area contributed by atoms with Crippen LogP contribution in [0, 0.1) is 74.9 Å². The van der Waals surface area contributed by atoms with Crippen LogP contribution in [0.15, 0.2) is 24.3 Å². The van der Waals surface area contributed by atoms with Gasteiger partial charge in [-0.3, -0.25) is 14.4 Å². The number of nitrogens with zero attached hydrogens (tertiary/aromatic N) is 1. The van der Waals surface area contributed by atoms with Gasteiger partial charge in [-0.05, 0) is 229 Å². The SMILES string of the molecule is C=C(C)C(=O)OC1(CC)CCC[C@@]12C[C@@H]1CC[C@H]2C1.CCC1(O)CCC[C@@]12C[C@@H]1CC[C@H]2C1.CN(C)CC1CCCC1=O.O=C1CCC[C@@]12C[C@@H]1C=C[C@H]2C1.O=C1CCC[C@@]12C[C@@H]1CC[C@H]2C1. The Hall–Kier alpha value is -2.12. The zero-order valence-electron chi connectivity index (χ0n) is 43.1. The molecule has 13 aliphatic rings. The average molecular weight is 924 g/mol. The quantitative estimate of drug-likeness (QED) is 0.161. The molecule has 0 aliphatic heterocycles. The minimum atomic E-state index is -0.285. The van der Waals surface area contributed by atoms with Gasteiger partial charge in [-0.15, -0.1) is 0 Å². The minimum absolute atomic E-state index is 0.138. The van der Waals surface area contributed by atoms with Crippen molar-refractivity contribution in [2.24, 2.45) is 74.9 Å². The summed E-state index contributed by atoms with van der Waals surface area (Å²) < 4.78 is 6.06. The van der Waals surface area contributed by atoms with E-state index >= 15 is 0 Å². The van der Waals surface area contributed by atoms with E-state index in [1.807, 2.05) is 14.1 Å². The van der Waals surface area contributed by atoms with Gasteiger partial charge in [-0.1, -0.05) is 51.8 Å². The van der Waals surface area contributed by atoms with Crippen LogP contribution in [-0.4, -0.2) is 65.2 Å². The van der Waals surface area contributed by atoms with Gasteiger partial charge in [0.25, 0.3) is 0 Å². The first-order valence-corrected chi connectivity index (χ1v) is 28.6. The summed E-state index contributed by atoms with van der Waals surface area (Å²) in [6.07, 6.45) is 42.3. The number of aliphatic hydroxyl groups is 1. The summed E-state index contributed by atoms with van der Waals surface area (Å²) in [5, 5.41) is 10.8. The smallest absolute Gasteiger partial charge is 0.333 e. The van der Waals surface area contributed by atoms with Gasteiger partial charge in [0.15, 0.2) is 0 Å². The standard InChI is InChI=1S/C17H26O2.C13H22O.C11H16O.C11H14O.C8H15NO/c1-4-17(19-15(18)12(2)3)9-5-8-16(17)11-13-6-7-14(16)10-13;1-2-13(14)7-3-6-12(13)9-10-4-5-11(12)8-10;2*12-10-2-1-5-11(10)7-8-3-4-9(11)6-8;1-9(2)6-7-4-3-5-8(7)10/h13-14H,2,4-11H2,1,3H3;10-11,14H,2-9H2,1H3;8-9H,1-7H2;3-4,8-9H,1-2,5-7H2;7H,3-6H2,1-2H3/t13-,14+,16+,17?;10-,11+,12+,13?;2*8-,9+,11+;/m1111./s1. The normalized spacial score (nSPS) is 46.2. The first-order valence-electron chi connectivity index (χ1n) is 28.6. The van der Waals surface area contributed by atoms with Crippen molar-refractivity contribution in [3.8, 4) is 0 Å². The second kappa shape index (κ2) is 19.5. The third kappa shape index (κ3) is 8.78. The van der Waals surface area contributed by atoms with Crippen LogP contribution >= 0.6 is 0 Å². The van der Waals surface area contributed by atoms with Crippen molar-refractivity contribution in [3.05, 3.63) is 24.3 Å². The van der Waals surface area contributed by atoms with E-state index in [0.29, 0.717) is 45.6 Å². The van der Waals surface area contributed by atoms with Gasteiger partial charge in [-0.25, -0.2) is 4.79 Å². The van der Waals surface area contributed by atoms with Gasteiger partial charge in [0, 0.05) is 59.0 Å². The Balaban J connectivity index is 0.000000107. The molecule has 0 heterocycles. The molecule has 12 saturated carbocycles. The molecule has 3 unspecified atom stereocenters. The van der Waals surface area contributed by atoms with Gasteiger partial charge < -0.3 is 14.7 Å². The Kier molecular flexibility index (Phi) is 14.5. The molecule has 0 amide bonds. The van der Waals surface area contributed by atoms with Gasteiger partial charge >= 0.3 is 5.97 Å². The number of ether oxygens (including phenoxy) is 1. The van der Waals surface area contributed by atoms with Crippen LogP contribution in [-0.2, 0) is 23.9 Å². The highest BCUT2D eigenvalue weighted by atomic mass is 16.6. The number of rotatable bonds is 6. The Labute approximate surface area is 406 Å². The summed E-state index contributed by atoms with van der Waals surface area (Å²) in [5.74, 6) is 8.47. The maximum Gasteiger partial charge on any atom is 0.333 e. The summed E-state index contributed by atoms with van der Waals surface area (Å²) in [6.45, 7) is 10.8. The van der Waals surface area contributed by atoms with Crippen molar-refractivity contribution in [3.63, 3.8) is 0 Å². The van der Waals surface area contributed by atoms with Crippen molar-refractivity contribution in [1.29, 1.82) is 0 Å². The third-order valence-electron chi connectivity index (χ3n) is 22.7. The molecule has 12 fully saturated rings. The number of ketones is 3. The molecule has 13 aliphatic carbocycles. The lowest BCUT2D eigenvalue weighted by atomic mass is 9.63. The molecule has 67 heavy (non-hydrogen) atoms. The van der Waals surface area contributed by atoms with Crippen molar-refractivity contribution in [2.75, 3.05) is 20.6 Å². The molecular formula is C60H93NO6. The summed E-state index contributed by atoms with van der Waals surface area (Å²) in [6, 6.07) is 0. The molecule has 374 valence electrons. The lowest BCUT2D eigenvalue weighted by Crippen LogP contribution is -2.50. The molecule has 8 bridgehead atoms. The number of hydrogen-bond donors (Lipinski definition) is 1. The van der Waals surface area contributed by atoms with Gasteiger partial charge in [-0.2, -0.15) is 0 Å². The summed E-state index contributed by atoms with van der Waals surface area (Å²) in [5.41, 5.74) is 1.09. The van der Waals surface area contributed by atoms with Crippen LogP contribution in [0.1, 0.15) is 220 Å². The average Bonchev–Trinajstić information content (AvgIpc) is 4.15. The van der Waals surface area contributed by atoms with Crippen molar-refractivity contribution >= 4 is 23.3 Å². The zero-order chi connectivity index (χ0) is 47.4. The number of hydrogen-bond acceptors (Lipinski definition) is 7. The maximum atomic E-state index is 12.1. The second-order valence-electron chi connectivity index (χ2n) is 26.0. The molecule has 13 rings (SSSR count). The topological polar surface area (TPSA) is 101 Å². The fourth-order valence-electron chi connectivity index (χ4n) is 19.6. The van der Waals surface area contributed by atoms with E-state index in [-0.39, 0.29) is 28.0 Å². The van der Waals surface area contributed by atoms with E-state index in [4.69, 9.17) is 4.74 Å². The van der Waals surface area contributed by atoms with Crippen LogP contribution in [0.3, 0.4) is 0 Å². The van der Waals surface area contributed by atoms with E-state index in [9.17, 15) is 24.3 Å². The van der Waals surface area contributed by atoms with E-state index in [2.05, 4.69) is 37.5 Å². The molecule has 7 heteroatoms. The predicted octanol–water partition coefficient (Wildman–Crippen LogP) is 13.1. The van der Waals surface area contributed by atoms with Crippen LogP contribution in [0.5, 0.6) is 0 Å². The summed E-state index contributed by atoms with van der Waals surface area (Å²) >= 11 is 0. The number of allylic oxidation sites excluding steroid dienone is 2. The number of fused-ring (bicyclic) bond motifs is 12. The molecule has 0 aromatic heterocycles. The fourth-order valence-corrected chi connectivity index (χ4v) is 19.6. The number of carbonyl (C=O) groups is 4. The molecule has 15 atom stereocenters. The number of esters is 1. The molecule has 0 saturated heterocycles. The monoisotopic (exact) mass is 924 g/mol. The highest BCUT2D eigenvalue weighted by molar-refractivity contribution is 5.89. The Morgan fingerprint density at radius 1 is 0.657 bits per heavy atom. The molecule has 4 spiro atoms. The fraction of sp³-hybridized carbons (Fsp3) is 0.867. The van der Waals surface area contributed by atoms with Crippen molar-refractivity contribution in [2.45, 2.75) is 231 Å². The second-order valence-corrected chi connectivity index (χ2v) is 26.0. The van der Waals surface area contributed by atoms with E-state index < -0.39 is 0 Å². The first kappa shape index (κ1) is 49.8. The van der Waals surface area contributed by atoms with Gasteiger partial charge in [0.1, 0.15) is 23.0 Å². The maximum absolute atomic E-state index is 12.1. The molecule has 0 aromatic rings. The lowest BCUT2D eigenvalue weighted by molar-refractivity contribution is -0.175. The highest BCUT2D eigenvalue weighted by Gasteiger charge is 2.66. The number of Topliss-reactive ketones (excluding diaryl/α,β-unsaturated/α-hetero) is 3. The first-order chi connectivity index (χ1) is 32.1. The van der Waals surface area contributed by atoms with E-state index in [1.54, 1.807) is 6.92 Å². The Morgan fingerprint density at radius 2 is 1.25 bits per heavy atom. The Bertz CT molecular complexity index is 1900. The zero-order valence-corrected chi connectivity index (χ0v) is 43.1. The number of carbonyl (C=O) groups excluding carboxylic acids is 4. The van der Waals surface area contributed by atoms with Gasteiger partial charge in [0.05, 0.1) is 5.60 Å². The Morgan fingerprint density at radius 3 is 1.70 bits per heavy atom. The predicted molar refractivity (Wildman–Crippen MR) is 267 cm³/mol. The highest BCUT2D eigenvalue weighted by Crippen LogP contribution is 2.69. The van der Waals surface area contributed by atoms with Crippen LogP contribution < -0.4 is 0 Å². The van der Waals surface area contributed by atoms with E-state index in [0.717, 1.165) is 112 Å². The third-order valence-corrected chi connectivity index (χ3v) is 22.7.